The highest BCUT2D eigenvalue weighted by Crippen LogP contribution is 1.94. The van der Waals surface area contributed by atoms with Crippen molar-refractivity contribution in [2.45, 2.75) is 6.92 Å². The molecule has 0 aromatic carbocycles. The first-order chi connectivity index (χ1) is 8.70. The Balaban J connectivity index is 2.05. The third kappa shape index (κ3) is 5.95. The molecule has 1 aromatic rings. The molecule has 1 aromatic heterocycles. The number of ether oxygens (including phenoxy) is 1. The Morgan fingerprint density at radius 3 is 2.61 bits per heavy atom. The maximum atomic E-state index is 11.6. The van der Waals surface area contributed by atoms with Gasteiger partial charge in [0.2, 0.25) is 5.91 Å². The average molecular weight is 251 g/mol. The van der Waals surface area contributed by atoms with Crippen LogP contribution in [0.25, 0.3) is 0 Å². The fourth-order valence-corrected chi connectivity index (χ4v) is 1.24. The Morgan fingerprint density at radius 1 is 1.28 bits per heavy atom. The van der Waals surface area contributed by atoms with Gasteiger partial charge in [0.05, 0.1) is 18.8 Å². The highest BCUT2D eigenvalue weighted by Gasteiger charge is 2.03. The molecule has 0 aliphatic carbocycles. The summed E-state index contributed by atoms with van der Waals surface area (Å²) < 4.78 is 5.23. The van der Waals surface area contributed by atoms with E-state index in [1.165, 1.54) is 13.1 Å². The van der Waals surface area contributed by atoms with Gasteiger partial charge < -0.3 is 15.4 Å². The molecule has 0 fully saturated rings. The molecule has 6 heteroatoms. The minimum Gasteiger partial charge on any atom is -0.378 e. The molecule has 0 aliphatic heterocycles. The summed E-state index contributed by atoms with van der Waals surface area (Å²) in [5.41, 5.74) is 0.524. The van der Waals surface area contributed by atoms with Crippen molar-refractivity contribution in [3.63, 3.8) is 0 Å². The topological polar surface area (TPSA) is 80.3 Å². The second kappa shape index (κ2) is 8.19. The summed E-state index contributed by atoms with van der Waals surface area (Å²) in [6, 6.07) is 3.40. The molecule has 0 spiro atoms. The lowest BCUT2D eigenvalue weighted by atomic mass is 10.3. The third-order valence-corrected chi connectivity index (χ3v) is 2.08. The van der Waals surface area contributed by atoms with Crippen molar-refractivity contribution in [3.05, 3.63) is 30.1 Å². The third-order valence-electron chi connectivity index (χ3n) is 2.08. The number of rotatable bonds is 7. The maximum absolute atomic E-state index is 11.6. The van der Waals surface area contributed by atoms with E-state index in [0.29, 0.717) is 31.9 Å². The van der Waals surface area contributed by atoms with Crippen LogP contribution in [0.5, 0.6) is 0 Å². The van der Waals surface area contributed by atoms with Crippen LogP contribution in [-0.4, -0.2) is 43.1 Å². The fraction of sp³-hybridized carbons (Fsp3) is 0.417. The van der Waals surface area contributed by atoms with Crippen molar-refractivity contribution >= 4 is 11.8 Å². The Hall–Kier alpha value is -1.95. The van der Waals surface area contributed by atoms with Crippen molar-refractivity contribution in [3.8, 4) is 0 Å². The van der Waals surface area contributed by atoms with Crippen molar-refractivity contribution in [2.24, 2.45) is 0 Å². The summed E-state index contributed by atoms with van der Waals surface area (Å²) in [4.78, 5) is 26.0. The molecular weight excluding hydrogens is 234 g/mol. The molecule has 0 bridgehead atoms. The van der Waals surface area contributed by atoms with Gasteiger partial charge in [-0.05, 0) is 12.1 Å². The van der Waals surface area contributed by atoms with Crippen molar-refractivity contribution < 1.29 is 14.3 Å². The predicted octanol–water partition coefficient (Wildman–Crippen LogP) is -0.0359. The van der Waals surface area contributed by atoms with Crippen molar-refractivity contribution in [2.75, 3.05) is 26.3 Å². The van der Waals surface area contributed by atoms with Gasteiger partial charge in [0.1, 0.15) is 0 Å². The van der Waals surface area contributed by atoms with Gasteiger partial charge in [-0.1, -0.05) is 0 Å². The number of aromatic nitrogens is 1. The van der Waals surface area contributed by atoms with Gasteiger partial charge in [-0.2, -0.15) is 0 Å². The van der Waals surface area contributed by atoms with E-state index in [2.05, 4.69) is 15.6 Å². The zero-order valence-corrected chi connectivity index (χ0v) is 10.3. The zero-order valence-electron chi connectivity index (χ0n) is 10.3. The summed E-state index contributed by atoms with van der Waals surface area (Å²) >= 11 is 0. The van der Waals surface area contributed by atoms with E-state index in [-0.39, 0.29) is 11.8 Å². The number of carbonyl (C=O) groups excluding carboxylic acids is 2. The molecule has 18 heavy (non-hydrogen) atoms. The summed E-state index contributed by atoms with van der Waals surface area (Å²) in [6.07, 6.45) is 3.12. The molecule has 1 rings (SSSR count). The molecule has 0 aliphatic rings. The number of hydrogen-bond donors (Lipinski definition) is 2. The van der Waals surface area contributed by atoms with Crippen LogP contribution in [0, 0.1) is 0 Å². The first-order valence-electron chi connectivity index (χ1n) is 5.70. The van der Waals surface area contributed by atoms with Crippen LogP contribution < -0.4 is 10.6 Å². The standard InChI is InChI=1S/C12H17N3O3/c1-10(16)14-5-7-18-8-6-15-12(17)11-3-2-4-13-9-11/h2-4,9H,5-8H2,1H3,(H,14,16)(H,15,17). The number of pyridine rings is 1. The predicted molar refractivity (Wildman–Crippen MR) is 66.1 cm³/mol. The van der Waals surface area contributed by atoms with E-state index in [9.17, 15) is 9.59 Å². The number of nitrogens with zero attached hydrogens (tertiary/aromatic N) is 1. The molecule has 0 unspecified atom stereocenters. The molecule has 1 heterocycles. The van der Waals surface area contributed by atoms with E-state index in [1.807, 2.05) is 0 Å². The highest BCUT2D eigenvalue weighted by molar-refractivity contribution is 5.93. The number of carbonyl (C=O) groups is 2. The second-order valence-electron chi connectivity index (χ2n) is 3.59. The monoisotopic (exact) mass is 251 g/mol. The van der Waals surface area contributed by atoms with Gasteiger partial charge in [0.25, 0.3) is 5.91 Å². The van der Waals surface area contributed by atoms with Gasteiger partial charge in [-0.3, -0.25) is 14.6 Å². The largest absolute Gasteiger partial charge is 0.378 e. The Bertz CT molecular complexity index is 381. The molecule has 2 amide bonds. The Labute approximate surface area is 106 Å². The van der Waals surface area contributed by atoms with Crippen LogP contribution in [0.3, 0.4) is 0 Å². The fourth-order valence-electron chi connectivity index (χ4n) is 1.24. The maximum Gasteiger partial charge on any atom is 0.252 e. The number of amides is 2. The van der Waals surface area contributed by atoms with Gasteiger partial charge in [0.15, 0.2) is 0 Å². The number of hydrogen-bond acceptors (Lipinski definition) is 4. The SMILES string of the molecule is CC(=O)NCCOCCNC(=O)c1cccnc1. The van der Waals surface area contributed by atoms with Gasteiger partial charge in [-0.25, -0.2) is 0 Å². The van der Waals surface area contributed by atoms with Crippen molar-refractivity contribution in [1.29, 1.82) is 0 Å². The summed E-state index contributed by atoms with van der Waals surface area (Å²) in [5.74, 6) is -0.253. The van der Waals surface area contributed by atoms with E-state index < -0.39 is 0 Å². The summed E-state index contributed by atoms with van der Waals surface area (Å²) in [5, 5.41) is 5.32. The van der Waals surface area contributed by atoms with Crippen LogP contribution in [0.4, 0.5) is 0 Å². The minimum atomic E-state index is -0.173. The first kappa shape index (κ1) is 14.1. The van der Waals surface area contributed by atoms with E-state index in [0.717, 1.165) is 0 Å². The van der Waals surface area contributed by atoms with Crippen LogP contribution >= 0.6 is 0 Å². The second-order valence-corrected chi connectivity index (χ2v) is 3.59. The summed E-state index contributed by atoms with van der Waals surface area (Å²) in [7, 11) is 0. The normalized spacial score (nSPS) is 9.83. The molecule has 0 saturated heterocycles. The zero-order chi connectivity index (χ0) is 13.2. The van der Waals surface area contributed by atoms with E-state index in [4.69, 9.17) is 4.74 Å². The lowest BCUT2D eigenvalue weighted by molar-refractivity contribution is -0.119. The van der Waals surface area contributed by atoms with Crippen LogP contribution in [0.2, 0.25) is 0 Å². The number of nitrogens with one attached hydrogen (secondary N) is 2. The molecule has 98 valence electrons. The lowest BCUT2D eigenvalue weighted by Gasteiger charge is -2.06. The quantitative estimate of drug-likeness (QED) is 0.667. The molecular formula is C12H17N3O3. The van der Waals surface area contributed by atoms with Crippen LogP contribution in [-0.2, 0) is 9.53 Å². The van der Waals surface area contributed by atoms with E-state index >= 15 is 0 Å². The van der Waals surface area contributed by atoms with Crippen LogP contribution in [0.15, 0.2) is 24.5 Å². The summed E-state index contributed by atoms with van der Waals surface area (Å²) in [6.45, 7) is 3.20. The molecule has 0 saturated carbocycles. The van der Waals surface area contributed by atoms with E-state index in [1.54, 1.807) is 18.3 Å². The smallest absolute Gasteiger partial charge is 0.252 e. The van der Waals surface area contributed by atoms with Gasteiger partial charge >= 0.3 is 0 Å². The minimum absolute atomic E-state index is 0.0801. The molecule has 2 N–H and O–H groups in total. The molecule has 0 atom stereocenters. The Morgan fingerprint density at radius 2 is 2.00 bits per heavy atom. The van der Waals surface area contributed by atoms with Crippen LogP contribution in [0.1, 0.15) is 17.3 Å². The highest BCUT2D eigenvalue weighted by atomic mass is 16.5. The van der Waals surface area contributed by atoms with Gasteiger partial charge in [-0.15, -0.1) is 0 Å². The first-order valence-corrected chi connectivity index (χ1v) is 5.70. The lowest BCUT2D eigenvalue weighted by Crippen LogP contribution is -2.29. The molecule has 6 nitrogen and oxygen atoms in total. The van der Waals surface area contributed by atoms with Gasteiger partial charge in [0, 0.05) is 32.4 Å². The average Bonchev–Trinajstić information content (AvgIpc) is 2.38. The molecule has 0 radical (unpaired) electrons. The Kier molecular flexibility index (Phi) is 6.42. The van der Waals surface area contributed by atoms with Crippen molar-refractivity contribution in [1.82, 2.24) is 15.6 Å².